The third-order valence-electron chi connectivity index (χ3n) is 3.42. The Morgan fingerprint density at radius 2 is 1.46 bits per heavy atom. The lowest BCUT2D eigenvalue weighted by Gasteiger charge is -2.18. The molecule has 0 amide bonds. The number of hydrogen-bond donors (Lipinski definition) is 2. The molecule has 28 heavy (non-hydrogen) atoms. The van der Waals surface area contributed by atoms with E-state index in [1.807, 2.05) is 60.7 Å². The van der Waals surface area contributed by atoms with Crippen LogP contribution in [-0.4, -0.2) is 24.5 Å². The minimum Gasteiger partial charge on any atom is -0.799 e. The maximum absolute atomic E-state index is 11.7. The van der Waals surface area contributed by atoms with E-state index in [9.17, 15) is 14.3 Å². The van der Waals surface area contributed by atoms with Crippen molar-refractivity contribution in [3.63, 3.8) is 0 Å². The summed E-state index contributed by atoms with van der Waals surface area (Å²) in [5.74, 6) is 3.00. The molecule has 0 saturated carbocycles. The number of hydrogen-bond acceptors (Lipinski definition) is 5. The largest absolute Gasteiger partial charge is 0.799 e. The molecule has 150 valence electrons. The molecule has 0 unspecified atom stereocenters. The van der Waals surface area contributed by atoms with Crippen molar-refractivity contribution in [2.45, 2.75) is 0 Å². The zero-order valence-corrected chi connectivity index (χ0v) is 17.5. The molecule has 0 heterocycles. The Morgan fingerprint density at radius 1 is 1.04 bits per heavy atom. The average Bonchev–Trinajstić information content (AvgIpc) is 2.68. The summed E-state index contributed by atoms with van der Waals surface area (Å²) in [5.41, 5.74) is 2.19. The van der Waals surface area contributed by atoms with Crippen molar-refractivity contribution >= 4 is 31.9 Å². The molecule has 2 aromatic rings. The summed E-state index contributed by atoms with van der Waals surface area (Å²) < 4.78 is 10.7. The van der Waals surface area contributed by atoms with E-state index < -0.39 is 15.3 Å². The van der Waals surface area contributed by atoms with Crippen LogP contribution in [0.5, 0.6) is 0 Å². The van der Waals surface area contributed by atoms with Gasteiger partial charge in [-0.3, -0.25) is 0 Å². The van der Waals surface area contributed by atoms with E-state index in [-0.39, 0.29) is 18.3 Å². The second-order valence-corrected chi connectivity index (χ2v) is 10.2. The first-order valence-corrected chi connectivity index (χ1v) is 12.1. The standard InChI is InChI=1S/C14H15N2O2P.C6H11O2P/c15-16-18-14(17)11-19(12-7-3-1-4-8-12)13-9-5-2-6-10-13;1-3-5-9(7,8)6-4-2/h1-10,16H,11,15H2;3-4H,1-2,5-6H2,(H,7,8). The molecule has 0 aliphatic heterocycles. The van der Waals surface area contributed by atoms with Gasteiger partial charge in [-0.1, -0.05) is 72.8 Å². The summed E-state index contributed by atoms with van der Waals surface area (Å²) in [6.07, 6.45) is 3.25. The molecular formula is C20H26N2O4P2. The molecule has 8 heteroatoms. The predicted octanol–water partition coefficient (Wildman–Crippen LogP) is 1.32. The van der Waals surface area contributed by atoms with E-state index >= 15 is 0 Å². The van der Waals surface area contributed by atoms with Crippen LogP contribution in [0.2, 0.25) is 0 Å². The Morgan fingerprint density at radius 3 is 1.82 bits per heavy atom. The first kappa shape index (κ1) is 24.0. The SMILES string of the molecule is C=CCP(=O)([O-])CC=C.[NH3+]NOC(=O)CP(c1ccccc1)c1ccccc1. The van der Waals surface area contributed by atoms with Gasteiger partial charge < -0.3 is 14.3 Å². The van der Waals surface area contributed by atoms with Gasteiger partial charge in [0, 0.05) is 25.3 Å². The monoisotopic (exact) mass is 420 g/mol. The van der Waals surface area contributed by atoms with Crippen LogP contribution in [0.3, 0.4) is 0 Å². The third kappa shape index (κ3) is 9.23. The highest BCUT2D eigenvalue weighted by Gasteiger charge is 2.18. The van der Waals surface area contributed by atoms with Gasteiger partial charge in [0.05, 0.1) is 6.16 Å². The molecule has 0 saturated heterocycles. The van der Waals surface area contributed by atoms with Gasteiger partial charge in [-0.15, -0.1) is 13.2 Å². The number of rotatable bonds is 9. The summed E-state index contributed by atoms with van der Waals surface area (Å²) >= 11 is 0. The molecule has 0 aliphatic carbocycles. The Balaban J connectivity index is 0.000000370. The van der Waals surface area contributed by atoms with Crippen molar-refractivity contribution in [3.05, 3.63) is 86.0 Å². The van der Waals surface area contributed by atoms with E-state index in [4.69, 9.17) is 4.84 Å². The van der Waals surface area contributed by atoms with Crippen LogP contribution in [0, 0.1) is 0 Å². The normalized spacial score (nSPS) is 10.5. The zero-order valence-electron chi connectivity index (χ0n) is 15.7. The molecule has 0 aromatic heterocycles. The second kappa shape index (κ2) is 13.2. The molecule has 6 nitrogen and oxygen atoms in total. The maximum atomic E-state index is 11.7. The van der Waals surface area contributed by atoms with Gasteiger partial charge in [0.15, 0.2) is 0 Å². The zero-order chi connectivity index (χ0) is 20.8. The first-order chi connectivity index (χ1) is 13.4. The molecule has 0 atom stereocenters. The number of nitrogens with one attached hydrogen (secondary N) is 1. The van der Waals surface area contributed by atoms with E-state index in [2.05, 4.69) is 24.6 Å². The van der Waals surface area contributed by atoms with E-state index in [1.165, 1.54) is 12.2 Å². The van der Waals surface area contributed by atoms with E-state index in [0.717, 1.165) is 10.6 Å². The summed E-state index contributed by atoms with van der Waals surface area (Å²) in [7, 11) is -3.92. The van der Waals surface area contributed by atoms with Crippen LogP contribution in [0.1, 0.15) is 0 Å². The molecule has 0 fully saturated rings. The summed E-state index contributed by atoms with van der Waals surface area (Å²) in [5, 5.41) is 2.31. The number of carbonyl (C=O) groups excluding carboxylic acids is 1. The molecule has 0 aliphatic rings. The molecule has 0 bridgehead atoms. The maximum Gasteiger partial charge on any atom is 0.335 e. The molecule has 2 rings (SSSR count). The van der Waals surface area contributed by atoms with Crippen LogP contribution in [-0.2, 0) is 14.2 Å². The lowest BCUT2D eigenvalue weighted by Crippen LogP contribution is -2.65. The minimum atomic E-state index is -3.18. The van der Waals surface area contributed by atoms with Gasteiger partial charge in [0.2, 0.25) is 0 Å². The van der Waals surface area contributed by atoms with E-state index in [0.29, 0.717) is 6.16 Å². The summed E-state index contributed by atoms with van der Waals surface area (Å²) in [4.78, 5) is 27.1. The first-order valence-electron chi connectivity index (χ1n) is 8.53. The van der Waals surface area contributed by atoms with Crippen LogP contribution in [0.15, 0.2) is 86.0 Å². The molecule has 0 spiro atoms. The predicted molar refractivity (Wildman–Crippen MR) is 114 cm³/mol. The van der Waals surface area contributed by atoms with Crippen molar-refractivity contribution in [3.8, 4) is 0 Å². The van der Waals surface area contributed by atoms with Gasteiger partial charge in [0.1, 0.15) is 0 Å². The van der Waals surface area contributed by atoms with Crippen LogP contribution < -0.4 is 26.9 Å². The lowest BCUT2D eigenvalue weighted by molar-refractivity contribution is -0.512. The van der Waals surface area contributed by atoms with Gasteiger partial charge in [-0.2, -0.15) is 0 Å². The summed E-state index contributed by atoms with van der Waals surface area (Å²) in [6, 6.07) is 20.1. The highest BCUT2D eigenvalue weighted by Crippen LogP contribution is 2.34. The van der Waals surface area contributed by atoms with Gasteiger partial charge >= 0.3 is 5.97 Å². The molecule has 4 N–H and O–H groups in total. The Labute approximate surface area is 167 Å². The number of benzene rings is 2. The van der Waals surface area contributed by atoms with Crippen molar-refractivity contribution < 1.29 is 24.9 Å². The fourth-order valence-electron chi connectivity index (χ4n) is 2.26. The van der Waals surface area contributed by atoms with Crippen molar-refractivity contribution in [1.82, 2.24) is 5.59 Å². The van der Waals surface area contributed by atoms with Crippen molar-refractivity contribution in [2.75, 3.05) is 18.5 Å². The second-order valence-electron chi connectivity index (χ2n) is 5.63. The molecule has 0 radical (unpaired) electrons. The fourth-order valence-corrected chi connectivity index (χ4v) is 5.24. The third-order valence-corrected chi connectivity index (χ3v) is 7.47. The van der Waals surface area contributed by atoms with Gasteiger partial charge in [-0.05, 0) is 18.5 Å². The Bertz CT molecular complexity index is 732. The minimum absolute atomic E-state index is 0.0685. The fraction of sp³-hybridized carbons (Fsp3) is 0.150. The Kier molecular flexibility index (Phi) is 11.3. The quantitative estimate of drug-likeness (QED) is 0.362. The van der Waals surface area contributed by atoms with Gasteiger partial charge in [-0.25, -0.2) is 10.6 Å². The highest BCUT2D eigenvalue weighted by molar-refractivity contribution is 7.73. The topological polar surface area (TPSA) is 106 Å². The molecular weight excluding hydrogens is 394 g/mol. The number of quaternary nitrogens is 1. The van der Waals surface area contributed by atoms with Crippen LogP contribution >= 0.6 is 15.3 Å². The van der Waals surface area contributed by atoms with E-state index in [1.54, 1.807) is 0 Å². The van der Waals surface area contributed by atoms with Crippen LogP contribution in [0.4, 0.5) is 0 Å². The van der Waals surface area contributed by atoms with Gasteiger partial charge in [0.25, 0.3) is 0 Å². The van der Waals surface area contributed by atoms with Crippen molar-refractivity contribution in [1.29, 1.82) is 0 Å². The lowest BCUT2D eigenvalue weighted by atomic mass is 10.4. The van der Waals surface area contributed by atoms with Crippen LogP contribution in [0.25, 0.3) is 0 Å². The Hall–Kier alpha value is -2.07. The number of allylic oxidation sites excluding steroid dienone is 2. The number of carbonyl (C=O) groups is 1. The van der Waals surface area contributed by atoms with Crippen molar-refractivity contribution in [2.24, 2.45) is 0 Å². The summed E-state index contributed by atoms with van der Waals surface area (Å²) in [6.45, 7) is 6.64. The smallest absolute Gasteiger partial charge is 0.335 e. The highest BCUT2D eigenvalue weighted by atomic mass is 31.2. The average molecular weight is 420 g/mol. The molecule has 2 aromatic carbocycles.